The third-order valence-corrected chi connectivity index (χ3v) is 10.3. The monoisotopic (exact) mass is 777 g/mol. The molecule has 3 aliphatic heterocycles. The van der Waals surface area contributed by atoms with Gasteiger partial charge >= 0.3 is 0 Å². The Balaban J connectivity index is 0.000000131. The molecule has 15 heteroatoms. The summed E-state index contributed by atoms with van der Waals surface area (Å²) in [5.74, 6) is 0.729. The lowest BCUT2D eigenvalue weighted by atomic mass is 10.0. The van der Waals surface area contributed by atoms with E-state index in [9.17, 15) is 27.6 Å². The van der Waals surface area contributed by atoms with Gasteiger partial charge in [-0.05, 0) is 16.7 Å². The lowest BCUT2D eigenvalue weighted by Gasteiger charge is -2.11. The predicted molar refractivity (Wildman–Crippen MR) is 203 cm³/mol. The van der Waals surface area contributed by atoms with E-state index in [2.05, 4.69) is 30.2 Å². The third kappa shape index (κ3) is 7.96. The molecule has 294 valence electrons. The minimum absolute atomic E-state index is 0.126. The highest BCUT2D eigenvalue weighted by Crippen LogP contribution is 2.41. The number of rotatable bonds is 9. The molecule has 0 N–H and O–H groups in total. The zero-order chi connectivity index (χ0) is 40.2. The van der Waals surface area contributed by atoms with Crippen LogP contribution in [0.3, 0.4) is 0 Å². The van der Waals surface area contributed by atoms with E-state index in [1.807, 2.05) is 91.0 Å². The fraction of sp³-hybridized carbons (Fsp3) is 0.357. The van der Waals surface area contributed by atoms with Crippen molar-refractivity contribution in [1.29, 1.82) is 0 Å². The van der Waals surface area contributed by atoms with Crippen LogP contribution >= 0.6 is 0 Å². The van der Waals surface area contributed by atoms with Crippen LogP contribution in [-0.2, 0) is 0 Å². The first-order valence-electron chi connectivity index (χ1n) is 19.2. The van der Waals surface area contributed by atoms with Gasteiger partial charge in [-0.3, -0.25) is 14.4 Å². The summed E-state index contributed by atoms with van der Waals surface area (Å²) in [6, 6.07) is 28.4. The van der Waals surface area contributed by atoms with Crippen molar-refractivity contribution in [3.05, 3.63) is 143 Å². The number of hydrogen-bond donors (Lipinski definition) is 0. The first-order chi connectivity index (χ1) is 27.6. The second-order valence-corrected chi connectivity index (χ2v) is 13.9. The molecule has 6 heterocycles. The molecule has 6 aromatic rings. The molecule has 0 spiro atoms. The van der Waals surface area contributed by atoms with Crippen molar-refractivity contribution in [3.63, 3.8) is 0 Å². The molecule has 0 bridgehead atoms. The molecule has 3 aromatic carbocycles. The molecular weight excluding hydrogens is 736 g/mol. The number of halogens is 3. The number of ketones is 3. The van der Waals surface area contributed by atoms with Crippen LogP contribution in [0.2, 0.25) is 0 Å². The third-order valence-electron chi connectivity index (χ3n) is 10.3. The van der Waals surface area contributed by atoms with Gasteiger partial charge in [-0.15, -0.1) is 15.3 Å². The van der Waals surface area contributed by atoms with Crippen molar-refractivity contribution in [3.8, 4) is 0 Å². The smallest absolute Gasteiger partial charge is 0.217 e. The maximum atomic E-state index is 14.0. The quantitative estimate of drug-likeness (QED) is 0.132. The molecule has 0 radical (unpaired) electrons. The largest absolute Gasteiger partial charge is 0.291 e. The Morgan fingerprint density at radius 1 is 0.474 bits per heavy atom. The van der Waals surface area contributed by atoms with E-state index in [4.69, 9.17) is 0 Å². The molecular formula is C42H42F3N9O3. The Morgan fingerprint density at radius 3 is 0.947 bits per heavy atom. The maximum Gasteiger partial charge on any atom is 0.217 e. The fourth-order valence-corrected chi connectivity index (χ4v) is 7.22. The van der Waals surface area contributed by atoms with Crippen LogP contribution in [0.15, 0.2) is 91.0 Å². The normalized spacial score (nSPS) is 21.4. The summed E-state index contributed by atoms with van der Waals surface area (Å²) < 4.78 is 46.7. The summed E-state index contributed by atoms with van der Waals surface area (Å²) in [7, 11) is 0. The molecule has 9 rings (SSSR count). The Morgan fingerprint density at radius 2 is 0.719 bits per heavy atom. The average Bonchev–Trinajstić information content (AvgIpc) is 4.11. The highest BCUT2D eigenvalue weighted by molar-refractivity contribution is 5.93. The van der Waals surface area contributed by atoms with Gasteiger partial charge in [0.15, 0.2) is 36.0 Å². The zero-order valence-electron chi connectivity index (χ0n) is 31.8. The highest BCUT2D eigenvalue weighted by Gasteiger charge is 2.38. The van der Waals surface area contributed by atoms with Gasteiger partial charge in [0.1, 0.15) is 0 Å². The Kier molecular flexibility index (Phi) is 11.6. The van der Waals surface area contributed by atoms with Crippen molar-refractivity contribution in [1.82, 2.24) is 44.3 Å². The summed E-state index contributed by atoms with van der Waals surface area (Å²) in [4.78, 5) is 47.0. The Labute approximate surface area is 327 Å². The summed E-state index contributed by atoms with van der Waals surface area (Å²) >= 11 is 0. The first-order valence-corrected chi connectivity index (χ1v) is 19.2. The molecule has 0 unspecified atom stereocenters. The Bertz CT molecular complexity index is 2090. The van der Waals surface area contributed by atoms with Gasteiger partial charge in [0.25, 0.3) is 0 Å². The second-order valence-electron chi connectivity index (χ2n) is 13.9. The van der Waals surface area contributed by atoms with Gasteiger partial charge in [-0.25, -0.2) is 42.2 Å². The van der Waals surface area contributed by atoms with E-state index in [0.717, 1.165) is 16.7 Å². The van der Waals surface area contributed by atoms with Gasteiger partial charge < -0.3 is 0 Å². The number of aromatic nitrogens is 9. The fourth-order valence-electron chi connectivity index (χ4n) is 7.22. The summed E-state index contributed by atoms with van der Waals surface area (Å²) in [6.45, 7) is 5.24. The zero-order valence-corrected chi connectivity index (χ0v) is 31.8. The molecule has 57 heavy (non-hydrogen) atoms. The van der Waals surface area contributed by atoms with Gasteiger partial charge in [-0.1, -0.05) is 112 Å². The number of nitrogens with zero attached hydrogens (tertiary/aromatic N) is 9. The minimum Gasteiger partial charge on any atom is -0.291 e. The highest BCUT2D eigenvalue weighted by atomic mass is 19.1. The molecule has 0 fully saturated rings. The van der Waals surface area contributed by atoms with E-state index in [0.29, 0.717) is 38.5 Å². The number of carbonyl (C=O) groups excluding carboxylic acids is 3. The minimum atomic E-state index is -1.16. The Hall–Kier alpha value is -6.12. The molecule has 0 saturated heterocycles. The molecule has 6 atom stereocenters. The van der Waals surface area contributed by atoms with E-state index in [1.54, 1.807) is 34.8 Å². The summed E-state index contributed by atoms with van der Waals surface area (Å²) in [5.41, 5.74) is 2.97. The molecule has 0 amide bonds. The molecule has 3 aliphatic rings. The van der Waals surface area contributed by atoms with Gasteiger partial charge in [0.05, 0.1) is 18.1 Å². The number of fused-ring (bicyclic) bond motifs is 3. The topological polar surface area (TPSA) is 143 Å². The second kappa shape index (κ2) is 16.9. The molecule has 3 aromatic heterocycles. The van der Waals surface area contributed by atoms with Crippen LogP contribution < -0.4 is 0 Å². The standard InChI is InChI=1S/3C14H14FN3O/c3*1-2-12(19)13-16-14-10(15)8-11(18(14)17-13)9-6-4-3-5-7-9/h3*3-7,10-11H,2,8H2,1H3/t3*10-,11-/m110/s1. The van der Waals surface area contributed by atoms with Crippen LogP contribution in [0, 0.1) is 0 Å². The number of benzene rings is 3. The SMILES string of the molecule is CCC(=O)c1nc2n(n1)[C@@H](c1ccccc1)C[C@H]2F.CCC(=O)c1nc2n(n1)[C@@H](c1ccccc1)C[C@H]2F.CCC(=O)c1nc2n(n1)[C@H](c1ccccc1)C[C@@H]2F. The number of Topliss-reactive ketones (excluding diaryl/α,β-unsaturated/α-hetero) is 3. The van der Waals surface area contributed by atoms with Crippen molar-refractivity contribution < 1.29 is 27.6 Å². The van der Waals surface area contributed by atoms with E-state index in [1.165, 1.54) is 0 Å². The maximum absolute atomic E-state index is 14.0. The van der Waals surface area contributed by atoms with Gasteiger partial charge in [0, 0.05) is 38.5 Å². The van der Waals surface area contributed by atoms with Crippen LogP contribution in [-0.4, -0.2) is 61.6 Å². The van der Waals surface area contributed by atoms with Crippen LogP contribution in [0.4, 0.5) is 13.2 Å². The van der Waals surface area contributed by atoms with Crippen molar-refractivity contribution in [2.45, 2.75) is 95.9 Å². The van der Waals surface area contributed by atoms with Crippen molar-refractivity contribution in [2.24, 2.45) is 0 Å². The number of hydrogen-bond acceptors (Lipinski definition) is 9. The summed E-state index contributed by atoms with van der Waals surface area (Å²) in [6.07, 6.45) is -1.48. The van der Waals surface area contributed by atoms with Crippen LogP contribution in [0.5, 0.6) is 0 Å². The summed E-state index contributed by atoms with van der Waals surface area (Å²) in [5, 5.41) is 12.6. The lowest BCUT2D eigenvalue weighted by Crippen LogP contribution is -2.09. The number of alkyl halides is 3. The van der Waals surface area contributed by atoms with Gasteiger partial charge in [0.2, 0.25) is 34.8 Å². The van der Waals surface area contributed by atoms with Crippen LogP contribution in [0.25, 0.3) is 0 Å². The van der Waals surface area contributed by atoms with Gasteiger partial charge in [-0.2, -0.15) is 0 Å². The molecule has 12 nitrogen and oxygen atoms in total. The molecule has 0 aliphatic carbocycles. The van der Waals surface area contributed by atoms with Crippen molar-refractivity contribution in [2.75, 3.05) is 0 Å². The predicted octanol–water partition coefficient (Wildman–Crippen LogP) is 8.62. The van der Waals surface area contributed by atoms with Crippen molar-refractivity contribution >= 4 is 17.3 Å². The first kappa shape index (κ1) is 39.1. The van der Waals surface area contributed by atoms with E-state index in [-0.39, 0.29) is 70.4 Å². The molecule has 0 saturated carbocycles. The number of carbonyl (C=O) groups is 3. The average molecular weight is 778 g/mol. The van der Waals surface area contributed by atoms with E-state index < -0.39 is 18.5 Å². The van der Waals surface area contributed by atoms with Crippen LogP contribution in [0.1, 0.15) is 162 Å². The van der Waals surface area contributed by atoms with E-state index >= 15 is 0 Å². The lowest BCUT2D eigenvalue weighted by molar-refractivity contribution is 0.0969.